The van der Waals surface area contributed by atoms with E-state index < -0.39 is 5.91 Å². The third-order valence-electron chi connectivity index (χ3n) is 4.90. The molecule has 0 aliphatic heterocycles. The average molecular weight is 447 g/mol. The zero-order valence-electron chi connectivity index (χ0n) is 17.9. The van der Waals surface area contributed by atoms with Crippen LogP contribution in [0.3, 0.4) is 0 Å². The van der Waals surface area contributed by atoms with Gasteiger partial charge in [-0.05, 0) is 25.1 Å². The van der Waals surface area contributed by atoms with E-state index in [9.17, 15) is 9.59 Å². The number of carbonyl (C=O) groups excluding carboxylic acids is 1. The molecule has 9 heteroatoms. The largest absolute Gasteiger partial charge is 0.495 e. The van der Waals surface area contributed by atoms with E-state index in [4.69, 9.17) is 30.5 Å². The Morgan fingerprint density at radius 3 is 2.03 bits per heavy atom. The first-order valence-corrected chi connectivity index (χ1v) is 9.78. The second-order valence-corrected chi connectivity index (χ2v) is 6.94. The minimum absolute atomic E-state index is 0.236. The summed E-state index contributed by atoms with van der Waals surface area (Å²) in [5, 5.41) is 3.89. The number of rotatable bonds is 7. The number of amides is 1. The van der Waals surface area contributed by atoms with Crippen LogP contribution in [0.4, 0.5) is 5.69 Å². The van der Waals surface area contributed by atoms with Crippen molar-refractivity contribution in [2.75, 3.05) is 33.8 Å². The molecule has 0 fully saturated rings. The van der Waals surface area contributed by atoms with E-state index in [0.717, 1.165) is 0 Å². The number of aryl methyl sites for hydroxylation is 1. The van der Waals surface area contributed by atoms with Gasteiger partial charge < -0.3 is 28.8 Å². The molecule has 2 aromatic carbocycles. The smallest absolute Gasteiger partial charge is 0.258 e. The van der Waals surface area contributed by atoms with Crippen molar-refractivity contribution >= 4 is 34.0 Å². The number of ether oxygens (including phenoxy) is 4. The van der Waals surface area contributed by atoms with Crippen molar-refractivity contribution in [2.45, 2.75) is 13.5 Å². The second-order valence-electron chi connectivity index (χ2n) is 6.53. The summed E-state index contributed by atoms with van der Waals surface area (Å²) < 4.78 is 22.7. The highest BCUT2D eigenvalue weighted by atomic mass is 35.5. The fraction of sp³-hybridized carbons (Fsp3) is 0.273. The molecule has 1 N–H and O–H groups in total. The molecule has 0 saturated carbocycles. The van der Waals surface area contributed by atoms with Crippen molar-refractivity contribution in [1.29, 1.82) is 0 Å². The maximum absolute atomic E-state index is 13.3. The molecule has 31 heavy (non-hydrogen) atoms. The monoisotopic (exact) mass is 446 g/mol. The number of nitrogens with one attached hydrogen (secondary N) is 1. The first kappa shape index (κ1) is 22.3. The summed E-state index contributed by atoms with van der Waals surface area (Å²) in [5.74, 6) is 1.15. The third kappa shape index (κ3) is 4.11. The van der Waals surface area contributed by atoms with Crippen molar-refractivity contribution < 1.29 is 23.7 Å². The molecular formula is C22H23ClN2O6. The Labute approximate surface area is 184 Å². The molecular weight excluding hydrogens is 424 g/mol. The van der Waals surface area contributed by atoms with Crippen LogP contribution in [0.5, 0.6) is 23.0 Å². The molecule has 3 rings (SSSR count). The molecule has 8 nitrogen and oxygen atoms in total. The quantitative estimate of drug-likeness (QED) is 0.591. The highest BCUT2D eigenvalue weighted by molar-refractivity contribution is 6.32. The number of hydrogen-bond donors (Lipinski definition) is 1. The number of pyridine rings is 1. The van der Waals surface area contributed by atoms with E-state index in [1.165, 1.54) is 39.2 Å². The Bertz CT molecular complexity index is 1210. The van der Waals surface area contributed by atoms with Gasteiger partial charge in [0, 0.05) is 24.2 Å². The van der Waals surface area contributed by atoms with Crippen molar-refractivity contribution in [1.82, 2.24) is 4.57 Å². The summed E-state index contributed by atoms with van der Waals surface area (Å²) >= 11 is 6.22. The zero-order valence-corrected chi connectivity index (χ0v) is 18.6. The lowest BCUT2D eigenvalue weighted by atomic mass is 10.1. The predicted molar refractivity (Wildman–Crippen MR) is 119 cm³/mol. The van der Waals surface area contributed by atoms with Gasteiger partial charge in [0.25, 0.3) is 11.5 Å². The molecule has 0 spiro atoms. The topological polar surface area (TPSA) is 88.0 Å². The normalized spacial score (nSPS) is 10.6. The number of carbonyl (C=O) groups is 1. The van der Waals surface area contributed by atoms with Gasteiger partial charge in [-0.1, -0.05) is 11.6 Å². The molecule has 0 atom stereocenters. The van der Waals surface area contributed by atoms with Crippen molar-refractivity contribution in [3.8, 4) is 23.0 Å². The molecule has 0 aliphatic rings. The third-order valence-corrected chi connectivity index (χ3v) is 5.19. The van der Waals surface area contributed by atoms with Gasteiger partial charge in [-0.2, -0.15) is 0 Å². The molecule has 1 aromatic heterocycles. The molecule has 1 amide bonds. The van der Waals surface area contributed by atoms with Gasteiger partial charge in [0.15, 0.2) is 11.5 Å². The number of halogens is 1. The van der Waals surface area contributed by atoms with Gasteiger partial charge in [-0.3, -0.25) is 9.59 Å². The molecule has 0 radical (unpaired) electrons. The van der Waals surface area contributed by atoms with Crippen LogP contribution < -0.4 is 29.8 Å². The van der Waals surface area contributed by atoms with E-state index in [0.29, 0.717) is 51.0 Å². The highest BCUT2D eigenvalue weighted by Crippen LogP contribution is 2.37. The number of aromatic nitrogens is 1. The lowest BCUT2D eigenvalue weighted by Crippen LogP contribution is -2.23. The number of hydrogen-bond acceptors (Lipinski definition) is 6. The molecule has 3 aromatic rings. The van der Waals surface area contributed by atoms with Crippen LogP contribution in [0.25, 0.3) is 10.8 Å². The van der Waals surface area contributed by atoms with Crippen LogP contribution in [0.15, 0.2) is 35.3 Å². The predicted octanol–water partition coefficient (Wildman–Crippen LogP) is 3.96. The maximum atomic E-state index is 13.3. The van der Waals surface area contributed by atoms with E-state index in [1.807, 2.05) is 6.92 Å². The number of benzene rings is 2. The summed E-state index contributed by atoms with van der Waals surface area (Å²) in [6.45, 7) is 2.21. The van der Waals surface area contributed by atoms with E-state index in [2.05, 4.69) is 5.32 Å². The Balaban J connectivity index is 2.18. The molecule has 0 saturated heterocycles. The Morgan fingerprint density at radius 1 is 0.903 bits per heavy atom. The molecule has 1 heterocycles. The zero-order chi connectivity index (χ0) is 22.7. The summed E-state index contributed by atoms with van der Waals surface area (Å²) in [5.41, 5.74) is 0.410. The fourth-order valence-electron chi connectivity index (χ4n) is 3.28. The molecule has 0 bridgehead atoms. The van der Waals surface area contributed by atoms with Crippen LogP contribution >= 0.6 is 11.6 Å². The number of nitrogens with zero attached hydrogens (tertiary/aromatic N) is 1. The van der Waals surface area contributed by atoms with E-state index >= 15 is 0 Å². The van der Waals surface area contributed by atoms with Gasteiger partial charge in [-0.25, -0.2) is 0 Å². The Kier molecular flexibility index (Phi) is 6.60. The molecule has 164 valence electrons. The van der Waals surface area contributed by atoms with Crippen LogP contribution in [-0.2, 0) is 6.54 Å². The van der Waals surface area contributed by atoms with Gasteiger partial charge in [0.2, 0.25) is 0 Å². The standard InChI is InChI=1S/C22H23ClN2O6/c1-6-25-11-14(12-7-19(30-4)20(31-5)8-13(12)22(25)27)21(26)24-16-9-15(23)17(28-2)10-18(16)29-3/h7-11H,6H2,1-5H3,(H,24,26). The SMILES string of the molecule is CCn1cc(C(=O)Nc2cc(Cl)c(OC)cc2OC)c2cc(OC)c(OC)cc2c1=O. The van der Waals surface area contributed by atoms with Gasteiger partial charge in [0.05, 0.1) is 50.1 Å². The van der Waals surface area contributed by atoms with Crippen LogP contribution in [0.1, 0.15) is 17.3 Å². The van der Waals surface area contributed by atoms with Gasteiger partial charge >= 0.3 is 0 Å². The van der Waals surface area contributed by atoms with Crippen LogP contribution in [0.2, 0.25) is 5.02 Å². The summed E-state index contributed by atoms with van der Waals surface area (Å²) in [6, 6.07) is 6.31. The molecule has 0 aliphatic carbocycles. The highest BCUT2D eigenvalue weighted by Gasteiger charge is 2.20. The van der Waals surface area contributed by atoms with Gasteiger partial charge in [-0.15, -0.1) is 0 Å². The summed E-state index contributed by atoms with van der Waals surface area (Å²) in [7, 11) is 5.93. The van der Waals surface area contributed by atoms with E-state index in [1.54, 1.807) is 24.3 Å². The minimum Gasteiger partial charge on any atom is -0.495 e. The molecule has 0 unspecified atom stereocenters. The number of methoxy groups -OCH3 is 4. The van der Waals surface area contributed by atoms with Crippen molar-refractivity contribution in [3.63, 3.8) is 0 Å². The minimum atomic E-state index is -0.445. The maximum Gasteiger partial charge on any atom is 0.258 e. The summed E-state index contributed by atoms with van der Waals surface area (Å²) in [6.07, 6.45) is 1.52. The Morgan fingerprint density at radius 2 is 1.48 bits per heavy atom. The number of fused-ring (bicyclic) bond motifs is 1. The van der Waals surface area contributed by atoms with Crippen molar-refractivity contribution in [3.05, 3.63) is 51.4 Å². The summed E-state index contributed by atoms with van der Waals surface area (Å²) in [4.78, 5) is 26.1. The van der Waals surface area contributed by atoms with Crippen molar-refractivity contribution in [2.24, 2.45) is 0 Å². The first-order chi connectivity index (χ1) is 14.9. The lowest BCUT2D eigenvalue weighted by Gasteiger charge is -2.16. The Hall–Kier alpha value is -3.39. The van der Waals surface area contributed by atoms with E-state index in [-0.39, 0.29) is 11.1 Å². The lowest BCUT2D eigenvalue weighted by molar-refractivity contribution is 0.102. The van der Waals surface area contributed by atoms with Crippen LogP contribution in [-0.4, -0.2) is 38.9 Å². The fourth-order valence-corrected chi connectivity index (χ4v) is 3.52. The first-order valence-electron chi connectivity index (χ1n) is 9.40. The number of anilines is 1. The van der Waals surface area contributed by atoms with Gasteiger partial charge in [0.1, 0.15) is 11.5 Å². The second kappa shape index (κ2) is 9.18. The van der Waals surface area contributed by atoms with Crippen LogP contribution in [0, 0.1) is 0 Å². The average Bonchev–Trinajstić information content (AvgIpc) is 2.78.